The number of ether oxygens (including phenoxy) is 2. The molecule has 0 unspecified atom stereocenters. The lowest BCUT2D eigenvalue weighted by atomic mass is 10.1. The molecule has 150 valence electrons. The summed E-state index contributed by atoms with van der Waals surface area (Å²) in [6, 6.07) is 7.51. The fraction of sp³-hybridized carbons (Fsp3) is 0.526. The van der Waals surface area contributed by atoms with Crippen LogP contribution in [0, 0.1) is 0 Å². The minimum atomic E-state index is -1.08. The average Bonchev–Trinajstić information content (AvgIpc) is 3.07. The van der Waals surface area contributed by atoms with Crippen molar-refractivity contribution < 1.29 is 14.3 Å². The van der Waals surface area contributed by atoms with Crippen molar-refractivity contribution in [1.29, 1.82) is 0 Å². The molecule has 6 nitrogen and oxygen atoms in total. The van der Waals surface area contributed by atoms with Crippen LogP contribution in [-0.4, -0.2) is 32.6 Å². The van der Waals surface area contributed by atoms with E-state index in [1.165, 1.54) is 11.3 Å². The Morgan fingerprint density at radius 2 is 2.04 bits per heavy atom. The number of alkyl halides is 2. The van der Waals surface area contributed by atoms with E-state index in [4.69, 9.17) is 32.7 Å². The molecule has 2 aromatic rings. The van der Waals surface area contributed by atoms with Crippen LogP contribution >= 0.6 is 34.5 Å². The van der Waals surface area contributed by atoms with E-state index >= 15 is 0 Å². The van der Waals surface area contributed by atoms with Crippen LogP contribution in [0.1, 0.15) is 55.7 Å². The predicted octanol–water partition coefficient (Wildman–Crippen LogP) is 4.85. The van der Waals surface area contributed by atoms with Gasteiger partial charge in [0, 0.05) is 12.5 Å². The molecule has 28 heavy (non-hydrogen) atoms. The first-order valence-electron chi connectivity index (χ1n) is 9.18. The van der Waals surface area contributed by atoms with Crippen LogP contribution in [0.15, 0.2) is 24.3 Å². The molecule has 2 heterocycles. The second kappa shape index (κ2) is 7.44. The summed E-state index contributed by atoms with van der Waals surface area (Å²) in [6.45, 7) is 4.16. The second-order valence-electron chi connectivity index (χ2n) is 7.60. The van der Waals surface area contributed by atoms with E-state index in [1.807, 2.05) is 24.3 Å². The van der Waals surface area contributed by atoms with Crippen molar-refractivity contribution >= 4 is 45.6 Å². The molecule has 0 spiro atoms. The third-order valence-electron chi connectivity index (χ3n) is 4.89. The molecule has 9 heteroatoms. The molecule has 1 saturated heterocycles. The van der Waals surface area contributed by atoms with Gasteiger partial charge in [0.05, 0.1) is 0 Å². The van der Waals surface area contributed by atoms with E-state index in [-0.39, 0.29) is 17.9 Å². The number of carbonyl (C=O) groups excluding carboxylic acids is 1. The minimum Gasteiger partial charge on any atom is -0.478 e. The monoisotopic (exact) mass is 441 g/mol. The van der Waals surface area contributed by atoms with Crippen LogP contribution in [0.3, 0.4) is 0 Å². The van der Waals surface area contributed by atoms with Crippen molar-refractivity contribution in [3.05, 3.63) is 34.8 Å². The van der Waals surface area contributed by atoms with Gasteiger partial charge in [0.1, 0.15) is 21.2 Å². The van der Waals surface area contributed by atoms with E-state index in [0.29, 0.717) is 10.9 Å². The van der Waals surface area contributed by atoms with Crippen LogP contribution in [0.2, 0.25) is 0 Å². The third kappa shape index (κ3) is 4.27. The van der Waals surface area contributed by atoms with E-state index < -0.39 is 9.93 Å². The number of aromatic nitrogens is 2. The number of nitrogens with zero attached hydrogens (tertiary/aromatic N) is 2. The van der Waals surface area contributed by atoms with Crippen molar-refractivity contribution in [2.24, 2.45) is 0 Å². The Kier molecular flexibility index (Phi) is 5.29. The summed E-state index contributed by atoms with van der Waals surface area (Å²) in [6.07, 6.45) is 2.68. The number of carbonyl (C=O) groups is 1. The highest BCUT2D eigenvalue weighted by Gasteiger charge is 2.52. The standard InChI is InChI=1S/C19H21Cl2N3O3S/c1-18(2,27-12-7-5-11(6-8-12)13-10-19(13,20)21)16(25)22-17-24-23-15(28-17)14-4-3-9-26-14/h5-8,13-14H,3-4,9-10H2,1-2H3,(H,22,24,25)/t13-,14-/m0/s1. The van der Waals surface area contributed by atoms with Gasteiger partial charge in [0.15, 0.2) is 5.60 Å². The highest BCUT2D eigenvalue weighted by atomic mass is 35.5. The Balaban J connectivity index is 1.36. The van der Waals surface area contributed by atoms with Crippen molar-refractivity contribution in [2.45, 2.75) is 55.1 Å². The van der Waals surface area contributed by atoms with E-state index in [0.717, 1.165) is 36.4 Å². The molecule has 1 amide bonds. The van der Waals surface area contributed by atoms with Crippen molar-refractivity contribution in [2.75, 3.05) is 11.9 Å². The number of benzene rings is 1. The fourth-order valence-electron chi connectivity index (χ4n) is 3.12. The molecular weight excluding hydrogens is 421 g/mol. The molecule has 1 aromatic carbocycles. The summed E-state index contributed by atoms with van der Waals surface area (Å²) in [7, 11) is 0. The summed E-state index contributed by atoms with van der Waals surface area (Å²) >= 11 is 13.6. The van der Waals surface area contributed by atoms with Crippen LogP contribution in [0.25, 0.3) is 0 Å². The molecule has 2 atom stereocenters. The number of hydrogen-bond acceptors (Lipinski definition) is 6. The number of halogens is 2. The Labute approximate surface area is 177 Å². The highest BCUT2D eigenvalue weighted by molar-refractivity contribution is 7.15. The lowest BCUT2D eigenvalue weighted by Crippen LogP contribution is -2.42. The van der Waals surface area contributed by atoms with Gasteiger partial charge in [-0.15, -0.1) is 33.4 Å². The molecule has 1 aliphatic carbocycles. The lowest BCUT2D eigenvalue weighted by molar-refractivity contribution is -0.128. The molecule has 1 aromatic heterocycles. The summed E-state index contributed by atoms with van der Waals surface area (Å²) in [5.74, 6) is 0.447. The van der Waals surface area contributed by atoms with Crippen molar-refractivity contribution in [3.8, 4) is 5.75 Å². The van der Waals surface area contributed by atoms with Crippen molar-refractivity contribution in [1.82, 2.24) is 10.2 Å². The van der Waals surface area contributed by atoms with Crippen LogP contribution in [0.4, 0.5) is 5.13 Å². The van der Waals surface area contributed by atoms with Crippen LogP contribution in [0.5, 0.6) is 5.75 Å². The first kappa shape index (κ1) is 19.9. The molecule has 0 radical (unpaired) electrons. The quantitative estimate of drug-likeness (QED) is 0.648. The maximum absolute atomic E-state index is 12.7. The summed E-state index contributed by atoms with van der Waals surface area (Å²) in [5, 5.41) is 12.2. The number of hydrogen-bond donors (Lipinski definition) is 1. The molecule has 1 N–H and O–H groups in total. The zero-order valence-electron chi connectivity index (χ0n) is 15.6. The Hall–Kier alpha value is -1.41. The zero-order valence-corrected chi connectivity index (χ0v) is 17.9. The second-order valence-corrected chi connectivity index (χ2v) is 10.2. The topological polar surface area (TPSA) is 73.3 Å². The molecule has 2 aliphatic rings. The number of anilines is 1. The van der Waals surface area contributed by atoms with Crippen molar-refractivity contribution in [3.63, 3.8) is 0 Å². The fourth-order valence-corrected chi connectivity index (χ4v) is 4.50. The third-order valence-corrected chi connectivity index (χ3v) is 6.66. The van der Waals surface area contributed by atoms with Gasteiger partial charge in [0.2, 0.25) is 5.13 Å². The van der Waals surface area contributed by atoms with Gasteiger partial charge in [-0.25, -0.2) is 0 Å². The zero-order chi connectivity index (χ0) is 19.9. The van der Waals surface area contributed by atoms with Gasteiger partial charge in [0.25, 0.3) is 5.91 Å². The summed E-state index contributed by atoms with van der Waals surface area (Å²) in [4.78, 5) is 12.7. The van der Waals surface area contributed by atoms with Crippen LogP contribution in [-0.2, 0) is 9.53 Å². The first-order valence-corrected chi connectivity index (χ1v) is 10.8. The normalized spacial score (nSPS) is 23.4. The number of nitrogens with one attached hydrogen (secondary N) is 1. The molecule has 1 aliphatic heterocycles. The van der Waals surface area contributed by atoms with E-state index in [2.05, 4.69) is 15.5 Å². The Bertz CT molecular complexity index is 864. The smallest absolute Gasteiger partial charge is 0.269 e. The first-order chi connectivity index (χ1) is 13.2. The molecule has 0 bridgehead atoms. The Morgan fingerprint density at radius 1 is 1.32 bits per heavy atom. The average molecular weight is 442 g/mol. The molecule has 4 rings (SSSR count). The Morgan fingerprint density at radius 3 is 2.64 bits per heavy atom. The van der Waals surface area contributed by atoms with Gasteiger partial charge >= 0.3 is 0 Å². The maximum atomic E-state index is 12.7. The molecular formula is C19H21Cl2N3O3S. The summed E-state index contributed by atoms with van der Waals surface area (Å²) < 4.78 is 10.8. The van der Waals surface area contributed by atoms with Gasteiger partial charge in [-0.2, -0.15) is 0 Å². The SMILES string of the molecule is CC(C)(Oc1ccc([C@@H]2CC2(Cl)Cl)cc1)C(=O)Nc1nnc([C@@H]2CCCO2)s1. The maximum Gasteiger partial charge on any atom is 0.269 e. The van der Waals surface area contributed by atoms with E-state index in [9.17, 15) is 4.79 Å². The largest absolute Gasteiger partial charge is 0.478 e. The predicted molar refractivity (Wildman–Crippen MR) is 109 cm³/mol. The van der Waals surface area contributed by atoms with Crippen LogP contribution < -0.4 is 10.1 Å². The molecule has 2 fully saturated rings. The minimum absolute atomic E-state index is 0.0166. The van der Waals surface area contributed by atoms with Gasteiger partial charge in [-0.1, -0.05) is 23.5 Å². The van der Waals surface area contributed by atoms with Gasteiger partial charge < -0.3 is 9.47 Å². The summed E-state index contributed by atoms with van der Waals surface area (Å²) in [5.41, 5.74) is -0.0189. The van der Waals surface area contributed by atoms with Gasteiger partial charge in [-0.05, 0) is 50.8 Å². The molecule has 1 saturated carbocycles. The number of rotatable bonds is 6. The lowest BCUT2D eigenvalue weighted by Gasteiger charge is -2.24. The van der Waals surface area contributed by atoms with Gasteiger partial charge in [-0.3, -0.25) is 10.1 Å². The number of amides is 1. The van der Waals surface area contributed by atoms with E-state index in [1.54, 1.807) is 13.8 Å². The highest BCUT2D eigenvalue weighted by Crippen LogP contribution is 2.59.